The number of hydrogen-bond acceptors (Lipinski definition) is 16. The Morgan fingerprint density at radius 2 is 1.85 bits per heavy atom. The van der Waals surface area contributed by atoms with Crippen molar-refractivity contribution in [2.45, 2.75) is 55.4 Å². The van der Waals surface area contributed by atoms with Crippen molar-refractivity contribution in [3.63, 3.8) is 0 Å². The van der Waals surface area contributed by atoms with Gasteiger partial charge in [0.25, 0.3) is 0 Å². The van der Waals surface area contributed by atoms with E-state index in [-0.39, 0.29) is 35.6 Å². The van der Waals surface area contributed by atoms with Gasteiger partial charge in [-0.05, 0) is 6.07 Å². The molecule has 23 heteroatoms. The lowest BCUT2D eigenvalue weighted by molar-refractivity contribution is -0.155. The van der Waals surface area contributed by atoms with Gasteiger partial charge in [0, 0.05) is 12.6 Å². The first-order chi connectivity index (χ1) is 21.7. The van der Waals surface area contributed by atoms with Crippen LogP contribution in [0.1, 0.15) is 25.3 Å². The van der Waals surface area contributed by atoms with Gasteiger partial charge in [-0.1, -0.05) is 6.08 Å². The summed E-state index contributed by atoms with van der Waals surface area (Å²) in [7, 11) is -9.87. The van der Waals surface area contributed by atoms with E-state index in [1.54, 1.807) is 0 Å². The summed E-state index contributed by atoms with van der Waals surface area (Å²) >= 11 is 0. The molecule has 2 aliphatic heterocycles. The summed E-state index contributed by atoms with van der Waals surface area (Å²) < 4.78 is 54.3. The van der Waals surface area contributed by atoms with Crippen molar-refractivity contribution in [2.75, 3.05) is 24.7 Å². The van der Waals surface area contributed by atoms with Gasteiger partial charge in [-0.2, -0.15) is 4.98 Å². The van der Waals surface area contributed by atoms with Crippen LogP contribution in [0.15, 0.2) is 42.4 Å². The first-order valence-electron chi connectivity index (χ1n) is 13.4. The van der Waals surface area contributed by atoms with Crippen LogP contribution >= 0.6 is 15.4 Å². The molecule has 21 nitrogen and oxygen atoms in total. The average molecular weight is 688 g/mol. The fourth-order valence-electron chi connectivity index (χ4n) is 5.07. The summed E-state index contributed by atoms with van der Waals surface area (Å²) in [6.45, 7) is 1.89. The smallest absolute Gasteiger partial charge is 0.456 e. The SMILES string of the molecule is C=CCC(=O)O[C@@H]1C(COP(=O)(O)[C@H]2C[C@H](n3ccc(N)nc3=O)O[C@@H]2COP(=O)(O)O)O[C@@H](n2cnc3c(N)ncnc32)[C@@H]1O. The predicted molar refractivity (Wildman–Crippen MR) is 153 cm³/mol. The zero-order valence-electron chi connectivity index (χ0n) is 23.7. The van der Waals surface area contributed by atoms with Crippen molar-refractivity contribution in [2.24, 2.45) is 0 Å². The number of nitrogen functional groups attached to an aromatic ring is 2. The second-order valence-corrected chi connectivity index (χ2v) is 13.5. The van der Waals surface area contributed by atoms with E-state index in [4.69, 9.17) is 30.2 Å². The molecule has 2 aliphatic rings. The summed E-state index contributed by atoms with van der Waals surface area (Å²) in [5.41, 5.74) is 9.42. The fourth-order valence-corrected chi connectivity index (χ4v) is 6.99. The number of imidazole rings is 1. The molecule has 2 fully saturated rings. The summed E-state index contributed by atoms with van der Waals surface area (Å²) in [5.74, 6) is -0.821. The van der Waals surface area contributed by atoms with Crippen LogP contribution in [0.3, 0.4) is 0 Å². The summed E-state index contributed by atoms with van der Waals surface area (Å²) in [6, 6.07) is 1.28. The molecule has 3 aromatic heterocycles. The number of ether oxygens (including phenoxy) is 3. The maximum Gasteiger partial charge on any atom is 0.469 e. The molecule has 2 unspecified atom stereocenters. The first-order valence-corrected chi connectivity index (χ1v) is 16.6. The molecular formula is C23H30N8O13P2. The molecule has 0 bridgehead atoms. The molecule has 5 heterocycles. The molecule has 0 aromatic carbocycles. The van der Waals surface area contributed by atoms with E-state index in [0.717, 1.165) is 4.57 Å². The number of nitrogens with two attached hydrogens (primary N) is 2. The number of anilines is 2. The van der Waals surface area contributed by atoms with Crippen LogP contribution in [0.5, 0.6) is 0 Å². The van der Waals surface area contributed by atoms with E-state index < -0.39 is 82.8 Å². The topological polar surface area (TPSA) is 309 Å². The average Bonchev–Trinajstić information content (AvgIpc) is 3.68. The molecule has 8 atom stereocenters. The third-order valence-electron chi connectivity index (χ3n) is 7.16. The third-order valence-corrected chi connectivity index (χ3v) is 9.55. The summed E-state index contributed by atoms with van der Waals surface area (Å²) in [5, 5.41) is 11.2. The minimum atomic E-state index is -5.04. The summed E-state index contributed by atoms with van der Waals surface area (Å²) in [4.78, 5) is 69.9. The van der Waals surface area contributed by atoms with E-state index >= 15 is 0 Å². The standard InChI is InChI=1S/C23H30N8O13P2/c1-2-3-16(32)44-19-12(43-22(18(19)33)31-10-28-17-20(25)26-9-27-21(17)31)8-40-45(35,36)13-6-15(30-5-4-14(24)29-23(30)34)42-11(13)7-41-46(37,38)39/h2,4-5,9-13,15,18-19,22,33H,1,3,6-8H2,(H,35,36)(H2,24,29,34)(H2,25,26,27)(H2,37,38,39)/t11-,12?,13+,15-,18-,19-,22-/m1/s1. The number of phosphoric ester groups is 1. The zero-order valence-corrected chi connectivity index (χ0v) is 25.4. The van der Waals surface area contributed by atoms with Gasteiger partial charge in [-0.15, -0.1) is 6.58 Å². The molecular weight excluding hydrogens is 658 g/mol. The zero-order chi connectivity index (χ0) is 33.4. The quantitative estimate of drug-likeness (QED) is 0.0752. The van der Waals surface area contributed by atoms with Gasteiger partial charge >= 0.3 is 27.1 Å². The van der Waals surface area contributed by atoms with Crippen LogP contribution in [-0.2, 0) is 37.2 Å². The maximum absolute atomic E-state index is 13.7. The molecule has 0 spiro atoms. The highest BCUT2D eigenvalue weighted by atomic mass is 31.2. The second kappa shape index (κ2) is 13.2. The van der Waals surface area contributed by atoms with Crippen LogP contribution in [0.25, 0.3) is 11.2 Å². The lowest BCUT2D eigenvalue weighted by Crippen LogP contribution is -2.38. The first kappa shape index (κ1) is 33.7. The van der Waals surface area contributed by atoms with Gasteiger partial charge in [0.2, 0.25) is 0 Å². The van der Waals surface area contributed by atoms with Gasteiger partial charge < -0.3 is 50.0 Å². The second-order valence-electron chi connectivity index (χ2n) is 10.2. The Morgan fingerprint density at radius 3 is 2.54 bits per heavy atom. The van der Waals surface area contributed by atoms with Gasteiger partial charge in [-0.25, -0.2) is 24.3 Å². The molecule has 8 N–H and O–H groups in total. The summed E-state index contributed by atoms with van der Waals surface area (Å²) in [6.07, 6.45) is -3.90. The third kappa shape index (κ3) is 7.18. The number of phosphoric acid groups is 1. The van der Waals surface area contributed by atoms with Crippen LogP contribution in [0, 0.1) is 0 Å². The van der Waals surface area contributed by atoms with Crippen LogP contribution in [-0.4, -0.2) is 98.1 Å². The minimum absolute atomic E-state index is 0.0534. The molecule has 0 radical (unpaired) electrons. The highest BCUT2D eigenvalue weighted by Crippen LogP contribution is 2.56. The number of esters is 1. The number of aliphatic hydroxyl groups is 1. The molecule has 0 saturated carbocycles. The van der Waals surface area contributed by atoms with E-state index in [9.17, 15) is 38.5 Å². The van der Waals surface area contributed by atoms with Crippen molar-refractivity contribution in [3.05, 3.63) is 48.1 Å². The monoisotopic (exact) mass is 688 g/mol. The van der Waals surface area contributed by atoms with Crippen LogP contribution in [0.4, 0.5) is 11.6 Å². The fraction of sp³-hybridized carbons (Fsp3) is 0.478. The van der Waals surface area contributed by atoms with Gasteiger partial charge in [0.05, 0.1) is 37.7 Å². The highest BCUT2D eigenvalue weighted by molar-refractivity contribution is 7.53. The number of aromatic nitrogens is 6. The highest BCUT2D eigenvalue weighted by Gasteiger charge is 2.52. The Morgan fingerprint density at radius 1 is 1.11 bits per heavy atom. The van der Waals surface area contributed by atoms with Crippen molar-refractivity contribution in [3.8, 4) is 0 Å². The Labute approximate surface area is 258 Å². The number of carbonyl (C=O) groups is 1. The van der Waals surface area contributed by atoms with E-state index in [2.05, 4.69) is 31.0 Å². The number of aliphatic hydroxyl groups excluding tert-OH is 1. The van der Waals surface area contributed by atoms with Gasteiger partial charge in [0.1, 0.15) is 36.1 Å². The minimum Gasteiger partial charge on any atom is -0.456 e. The Balaban J connectivity index is 1.38. The number of nitrogens with zero attached hydrogens (tertiary/aromatic N) is 6. The molecule has 0 aliphatic carbocycles. The Kier molecular flexibility index (Phi) is 9.71. The lowest BCUT2D eigenvalue weighted by Gasteiger charge is -2.25. The van der Waals surface area contributed by atoms with Crippen LogP contribution < -0.4 is 17.2 Å². The van der Waals surface area contributed by atoms with E-state index in [0.29, 0.717) is 0 Å². The molecule has 0 amide bonds. The molecule has 250 valence electrons. The number of hydrogen-bond donors (Lipinski definition) is 6. The number of fused-ring (bicyclic) bond motifs is 1. The Bertz CT molecular complexity index is 1760. The van der Waals surface area contributed by atoms with Crippen molar-refractivity contribution in [1.82, 2.24) is 29.1 Å². The lowest BCUT2D eigenvalue weighted by atomic mass is 10.1. The molecule has 5 rings (SSSR count). The Hall–Kier alpha value is -3.62. The normalized spacial score (nSPS) is 27.9. The molecule has 2 saturated heterocycles. The maximum atomic E-state index is 13.7. The molecule has 46 heavy (non-hydrogen) atoms. The number of carbonyl (C=O) groups excluding carboxylic acids is 1. The van der Waals surface area contributed by atoms with Crippen molar-refractivity contribution >= 4 is 44.2 Å². The van der Waals surface area contributed by atoms with Crippen molar-refractivity contribution in [1.29, 1.82) is 0 Å². The van der Waals surface area contributed by atoms with Crippen molar-refractivity contribution < 1.29 is 57.0 Å². The van der Waals surface area contributed by atoms with Gasteiger partial charge in [0.15, 0.2) is 23.8 Å². The largest absolute Gasteiger partial charge is 0.469 e. The van der Waals surface area contributed by atoms with Crippen LogP contribution in [0.2, 0.25) is 0 Å². The molecule has 3 aromatic rings. The van der Waals surface area contributed by atoms with E-state index in [1.165, 1.54) is 35.6 Å². The van der Waals surface area contributed by atoms with E-state index in [1.807, 2.05) is 0 Å². The predicted octanol–water partition coefficient (Wildman–Crippen LogP) is -1.04. The van der Waals surface area contributed by atoms with Gasteiger partial charge in [-0.3, -0.25) is 23.0 Å². The number of rotatable bonds is 12.